The third-order valence-corrected chi connectivity index (χ3v) is 6.36. The van der Waals surface area contributed by atoms with Crippen LogP contribution in [0.3, 0.4) is 0 Å². The first-order valence-electron chi connectivity index (χ1n) is 8.53. The number of rotatable bonds is 5. The minimum Gasteiger partial charge on any atom is -1.00 e. The molecule has 1 aromatic rings. The van der Waals surface area contributed by atoms with Crippen LogP contribution in [0.4, 0.5) is 0 Å². The van der Waals surface area contributed by atoms with Crippen molar-refractivity contribution in [3.05, 3.63) is 46.5 Å². The van der Waals surface area contributed by atoms with E-state index in [2.05, 4.69) is 46.2 Å². The molecule has 0 radical (unpaired) electrons. The van der Waals surface area contributed by atoms with Crippen LogP contribution in [-0.4, -0.2) is 31.7 Å². The molecule has 0 aromatic heterocycles. The summed E-state index contributed by atoms with van der Waals surface area (Å²) >= 11 is 5.97. The number of likely N-dealkylation sites (N-methyl/N-ethyl adjacent to an activating group) is 1. The summed E-state index contributed by atoms with van der Waals surface area (Å²) < 4.78 is 1.08. The highest BCUT2D eigenvalue weighted by molar-refractivity contribution is 6.30. The van der Waals surface area contributed by atoms with Crippen LogP contribution in [0.2, 0.25) is 5.02 Å². The molecule has 3 heteroatoms. The standard InChI is InChI=1S/C20H29ClN.HI/c1-20(2)17-8-7-16(19(20)13-17)14-22(3,4)12-11-15-5-9-18(21)10-6-15;/h5-7,9-10,17,19H,8,11-14H2,1-4H3;1H/q+1;/p-1/t17-,19-;/m0./s1. The fourth-order valence-corrected chi connectivity index (χ4v) is 4.44. The first-order chi connectivity index (χ1) is 10.3. The van der Waals surface area contributed by atoms with Gasteiger partial charge in [0.25, 0.3) is 0 Å². The van der Waals surface area contributed by atoms with Crippen LogP contribution in [-0.2, 0) is 6.42 Å². The van der Waals surface area contributed by atoms with E-state index in [0.29, 0.717) is 5.41 Å². The molecule has 2 bridgehead atoms. The summed E-state index contributed by atoms with van der Waals surface area (Å²) in [5.74, 6) is 1.77. The Morgan fingerprint density at radius 2 is 1.83 bits per heavy atom. The second-order valence-electron chi connectivity index (χ2n) is 8.52. The molecule has 0 spiro atoms. The van der Waals surface area contributed by atoms with Crippen molar-refractivity contribution in [3.63, 3.8) is 0 Å². The highest BCUT2D eigenvalue weighted by Crippen LogP contribution is 2.59. The zero-order valence-corrected chi connectivity index (χ0v) is 17.7. The summed E-state index contributed by atoms with van der Waals surface area (Å²) in [6.45, 7) is 7.31. The zero-order chi connectivity index (χ0) is 16.0. The van der Waals surface area contributed by atoms with Crippen molar-refractivity contribution in [3.8, 4) is 0 Å². The molecule has 0 heterocycles. The van der Waals surface area contributed by atoms with E-state index >= 15 is 0 Å². The van der Waals surface area contributed by atoms with Gasteiger partial charge in [0.05, 0.1) is 20.6 Å². The van der Waals surface area contributed by atoms with Gasteiger partial charge in [0, 0.05) is 11.4 Å². The van der Waals surface area contributed by atoms with Gasteiger partial charge in [0.2, 0.25) is 0 Å². The van der Waals surface area contributed by atoms with E-state index < -0.39 is 0 Å². The van der Waals surface area contributed by atoms with Gasteiger partial charge in [-0.2, -0.15) is 0 Å². The van der Waals surface area contributed by atoms with Crippen LogP contribution in [0, 0.1) is 17.3 Å². The molecule has 128 valence electrons. The molecule has 0 N–H and O–H groups in total. The molecule has 0 unspecified atom stereocenters. The summed E-state index contributed by atoms with van der Waals surface area (Å²) in [7, 11) is 4.74. The summed E-state index contributed by atoms with van der Waals surface area (Å²) in [4.78, 5) is 0. The molecular formula is C20H29ClIN. The highest BCUT2D eigenvalue weighted by atomic mass is 127. The number of hydrogen-bond donors (Lipinski definition) is 0. The third-order valence-electron chi connectivity index (χ3n) is 6.11. The maximum Gasteiger partial charge on any atom is 0.100 e. The topological polar surface area (TPSA) is 0 Å². The lowest BCUT2D eigenvalue weighted by Gasteiger charge is -2.57. The summed E-state index contributed by atoms with van der Waals surface area (Å²) in [5.41, 5.74) is 3.64. The predicted molar refractivity (Wildman–Crippen MR) is 95.1 cm³/mol. The number of nitrogens with zero attached hydrogens (tertiary/aromatic N) is 1. The van der Waals surface area contributed by atoms with Crippen LogP contribution in [0.15, 0.2) is 35.9 Å². The lowest BCUT2D eigenvalue weighted by atomic mass is 9.49. The van der Waals surface area contributed by atoms with Crippen LogP contribution in [0.5, 0.6) is 0 Å². The molecule has 1 fully saturated rings. The number of halogens is 2. The second kappa shape index (κ2) is 7.05. The fourth-order valence-electron chi connectivity index (χ4n) is 4.31. The van der Waals surface area contributed by atoms with E-state index in [1.165, 1.54) is 31.5 Å². The maximum atomic E-state index is 5.97. The maximum absolute atomic E-state index is 5.97. The van der Waals surface area contributed by atoms with Crippen LogP contribution < -0.4 is 24.0 Å². The van der Waals surface area contributed by atoms with E-state index in [-0.39, 0.29) is 24.0 Å². The quantitative estimate of drug-likeness (QED) is 0.369. The van der Waals surface area contributed by atoms with Gasteiger partial charge in [0.15, 0.2) is 0 Å². The van der Waals surface area contributed by atoms with Crippen molar-refractivity contribution in [2.24, 2.45) is 17.3 Å². The van der Waals surface area contributed by atoms with Crippen LogP contribution >= 0.6 is 11.6 Å². The Bertz CT molecular complexity index is 574. The number of allylic oxidation sites excluding steroid dienone is 1. The van der Waals surface area contributed by atoms with E-state index in [4.69, 9.17) is 11.6 Å². The average Bonchev–Trinajstić information content (AvgIpc) is 2.46. The third kappa shape index (κ3) is 4.13. The highest BCUT2D eigenvalue weighted by Gasteiger charge is 2.51. The molecule has 3 aliphatic carbocycles. The predicted octanol–water partition coefficient (Wildman–Crippen LogP) is 1.96. The van der Waals surface area contributed by atoms with Crippen molar-refractivity contribution in [1.29, 1.82) is 0 Å². The largest absolute Gasteiger partial charge is 1.00 e. The summed E-state index contributed by atoms with van der Waals surface area (Å²) in [6.07, 6.45) is 6.40. The molecule has 3 aliphatic rings. The molecule has 1 saturated carbocycles. The molecule has 0 aliphatic heterocycles. The average molecular weight is 446 g/mol. The Morgan fingerprint density at radius 1 is 1.17 bits per heavy atom. The van der Waals surface area contributed by atoms with Crippen molar-refractivity contribution in [2.45, 2.75) is 33.1 Å². The van der Waals surface area contributed by atoms with Gasteiger partial charge in [-0.25, -0.2) is 0 Å². The Kier molecular flexibility index (Phi) is 5.91. The van der Waals surface area contributed by atoms with Gasteiger partial charge in [-0.15, -0.1) is 0 Å². The molecule has 2 atom stereocenters. The Morgan fingerprint density at radius 3 is 2.39 bits per heavy atom. The molecule has 1 nitrogen and oxygen atoms in total. The lowest BCUT2D eigenvalue weighted by molar-refractivity contribution is -0.885. The SMILES string of the molecule is CC1(C)[C@H]2CC=C(C[N+](C)(C)CCc3ccc(Cl)cc3)[C@@H]1C2.[I-]. The van der Waals surface area contributed by atoms with Gasteiger partial charge >= 0.3 is 0 Å². The smallest absolute Gasteiger partial charge is 0.100 e. The molecule has 0 saturated heterocycles. The van der Waals surface area contributed by atoms with Gasteiger partial charge in [-0.05, 0) is 53.4 Å². The fraction of sp³-hybridized carbons (Fsp3) is 0.600. The van der Waals surface area contributed by atoms with Gasteiger partial charge in [-0.1, -0.05) is 43.7 Å². The van der Waals surface area contributed by atoms with E-state index in [9.17, 15) is 0 Å². The Hall–Kier alpha value is -0.0600. The molecular weight excluding hydrogens is 417 g/mol. The van der Waals surface area contributed by atoms with E-state index in [1.807, 2.05) is 12.1 Å². The Labute approximate surface area is 163 Å². The number of hydrogen-bond acceptors (Lipinski definition) is 0. The minimum absolute atomic E-state index is 0. The van der Waals surface area contributed by atoms with E-state index in [1.54, 1.807) is 5.57 Å². The first-order valence-corrected chi connectivity index (χ1v) is 8.91. The molecule has 0 amide bonds. The van der Waals surface area contributed by atoms with Crippen LogP contribution in [0.25, 0.3) is 0 Å². The lowest BCUT2D eigenvalue weighted by Crippen LogP contribution is -3.00. The van der Waals surface area contributed by atoms with Crippen molar-refractivity contribution in [2.75, 3.05) is 27.2 Å². The van der Waals surface area contributed by atoms with Gasteiger partial charge < -0.3 is 28.5 Å². The minimum atomic E-state index is 0. The number of quaternary nitrogens is 1. The summed E-state index contributed by atoms with van der Waals surface area (Å²) in [6, 6.07) is 8.30. The number of benzene rings is 1. The second-order valence-corrected chi connectivity index (χ2v) is 8.95. The van der Waals surface area contributed by atoms with Crippen molar-refractivity contribution >= 4 is 11.6 Å². The molecule has 23 heavy (non-hydrogen) atoms. The first kappa shape index (κ1) is 19.3. The van der Waals surface area contributed by atoms with Crippen molar-refractivity contribution < 1.29 is 28.5 Å². The van der Waals surface area contributed by atoms with Crippen LogP contribution in [0.1, 0.15) is 32.3 Å². The monoisotopic (exact) mass is 445 g/mol. The molecule has 1 aromatic carbocycles. The zero-order valence-electron chi connectivity index (χ0n) is 14.8. The van der Waals surface area contributed by atoms with Gasteiger partial charge in [0.1, 0.15) is 6.54 Å². The van der Waals surface area contributed by atoms with Gasteiger partial charge in [-0.3, -0.25) is 0 Å². The van der Waals surface area contributed by atoms with Crippen molar-refractivity contribution in [1.82, 2.24) is 0 Å². The Balaban J connectivity index is 0.00000192. The van der Waals surface area contributed by atoms with E-state index in [0.717, 1.165) is 27.8 Å². The summed E-state index contributed by atoms with van der Waals surface area (Å²) in [5, 5.41) is 0.826. The normalized spacial score (nSPS) is 25.2. The number of fused-ring (bicyclic) bond motifs is 1. The molecule has 4 rings (SSSR count).